The molecule has 3 N–H and O–H groups in total. The largest absolute Gasteiger partial charge is 0.328 e. The zero-order valence-corrected chi connectivity index (χ0v) is 16.1. The molecule has 25 heavy (non-hydrogen) atoms. The third-order valence-corrected chi connectivity index (χ3v) is 7.06. The number of nitrogens with zero attached hydrogens (tertiary/aromatic N) is 1. The van der Waals surface area contributed by atoms with Crippen molar-refractivity contribution in [2.75, 3.05) is 18.4 Å². The van der Waals surface area contributed by atoms with Gasteiger partial charge in [-0.15, -0.1) is 0 Å². The Kier molecular flexibility index (Phi) is 6.59. The molecule has 1 amide bonds. The maximum Gasteiger partial charge on any atom is 0.243 e. The number of sulfonamides is 1. The molecule has 0 bridgehead atoms. The molecule has 0 radical (unpaired) electrons. The Morgan fingerprint density at radius 1 is 1.28 bits per heavy atom. The number of rotatable bonds is 6. The molecule has 1 fully saturated rings. The van der Waals surface area contributed by atoms with Crippen LogP contribution >= 0.6 is 0 Å². The molecule has 2 rings (SSSR count). The zero-order chi connectivity index (χ0) is 18.6. The summed E-state index contributed by atoms with van der Waals surface area (Å²) in [6, 6.07) is 5.11. The van der Waals surface area contributed by atoms with E-state index in [4.69, 9.17) is 5.73 Å². The van der Waals surface area contributed by atoms with Gasteiger partial charge in [0.25, 0.3) is 0 Å². The van der Waals surface area contributed by atoms with Crippen LogP contribution in [0.25, 0.3) is 0 Å². The van der Waals surface area contributed by atoms with Crippen molar-refractivity contribution in [3.05, 3.63) is 23.8 Å². The lowest BCUT2D eigenvalue weighted by Gasteiger charge is -2.26. The van der Waals surface area contributed by atoms with Crippen LogP contribution in [0.5, 0.6) is 0 Å². The van der Waals surface area contributed by atoms with Crippen LogP contribution in [0, 0.1) is 12.8 Å². The van der Waals surface area contributed by atoms with Gasteiger partial charge in [-0.3, -0.25) is 4.79 Å². The standard InChI is InChI=1S/C18H29N3O3S/c1-4-21(5-2)25(23,24)17-12-16(10-9-13(17)3)20-18(22)14-7-6-8-15(19)11-14/h9-10,12,14-15H,4-8,11,19H2,1-3H3,(H,20,22). The van der Waals surface area contributed by atoms with E-state index in [0.29, 0.717) is 30.8 Å². The van der Waals surface area contributed by atoms with E-state index in [2.05, 4.69) is 5.32 Å². The van der Waals surface area contributed by atoms with E-state index in [1.165, 1.54) is 4.31 Å². The molecule has 7 heteroatoms. The van der Waals surface area contributed by atoms with Crippen LogP contribution in [-0.4, -0.2) is 37.8 Å². The van der Waals surface area contributed by atoms with E-state index in [0.717, 1.165) is 19.3 Å². The highest BCUT2D eigenvalue weighted by Gasteiger charge is 2.27. The van der Waals surface area contributed by atoms with Crippen molar-refractivity contribution in [3.63, 3.8) is 0 Å². The Bertz CT molecular complexity index is 714. The molecule has 1 saturated carbocycles. The fourth-order valence-corrected chi connectivity index (χ4v) is 5.08. The van der Waals surface area contributed by atoms with Crippen molar-refractivity contribution in [1.29, 1.82) is 0 Å². The number of anilines is 1. The summed E-state index contributed by atoms with van der Waals surface area (Å²) in [5.41, 5.74) is 7.14. The number of hydrogen-bond donors (Lipinski definition) is 2. The van der Waals surface area contributed by atoms with E-state index in [1.54, 1.807) is 25.1 Å². The highest BCUT2D eigenvalue weighted by molar-refractivity contribution is 7.89. The number of carbonyl (C=O) groups is 1. The Hall–Kier alpha value is -1.44. The maximum absolute atomic E-state index is 12.8. The highest BCUT2D eigenvalue weighted by atomic mass is 32.2. The predicted octanol–water partition coefficient (Wildman–Crippen LogP) is 2.48. The van der Waals surface area contributed by atoms with Crippen LogP contribution in [-0.2, 0) is 14.8 Å². The number of hydrogen-bond acceptors (Lipinski definition) is 4. The molecule has 1 aliphatic carbocycles. The van der Waals surface area contributed by atoms with Gasteiger partial charge in [-0.05, 0) is 43.9 Å². The summed E-state index contributed by atoms with van der Waals surface area (Å²) < 4.78 is 27.0. The Balaban J connectivity index is 2.22. The SMILES string of the molecule is CCN(CC)S(=O)(=O)c1cc(NC(=O)C2CCCC(N)C2)ccc1C. The van der Waals surface area contributed by atoms with Crippen LogP contribution in [0.15, 0.2) is 23.1 Å². The molecular formula is C18H29N3O3S. The maximum atomic E-state index is 12.8. The van der Waals surface area contributed by atoms with Crippen molar-refractivity contribution in [1.82, 2.24) is 4.31 Å². The number of aryl methyl sites for hydroxylation is 1. The Morgan fingerprint density at radius 2 is 1.96 bits per heavy atom. The van der Waals surface area contributed by atoms with Crippen molar-refractivity contribution in [3.8, 4) is 0 Å². The monoisotopic (exact) mass is 367 g/mol. The second-order valence-electron chi connectivity index (χ2n) is 6.68. The van der Waals surface area contributed by atoms with Gasteiger partial charge in [0.1, 0.15) is 0 Å². The van der Waals surface area contributed by atoms with Gasteiger partial charge in [-0.25, -0.2) is 8.42 Å². The summed E-state index contributed by atoms with van der Waals surface area (Å²) in [6.45, 7) is 6.22. The second-order valence-corrected chi connectivity index (χ2v) is 8.59. The fraction of sp³-hybridized carbons (Fsp3) is 0.611. The van der Waals surface area contributed by atoms with Crippen molar-refractivity contribution in [2.24, 2.45) is 11.7 Å². The summed E-state index contributed by atoms with van der Waals surface area (Å²) >= 11 is 0. The summed E-state index contributed by atoms with van der Waals surface area (Å²) in [5, 5.41) is 2.87. The number of benzene rings is 1. The van der Waals surface area contributed by atoms with Gasteiger partial charge in [0.2, 0.25) is 15.9 Å². The molecule has 6 nitrogen and oxygen atoms in total. The molecule has 0 heterocycles. The minimum absolute atomic E-state index is 0.0705. The normalized spacial score (nSPS) is 21.3. The molecule has 1 aromatic carbocycles. The molecule has 2 unspecified atom stereocenters. The lowest BCUT2D eigenvalue weighted by Crippen LogP contribution is -2.34. The molecule has 0 aromatic heterocycles. The van der Waals surface area contributed by atoms with Gasteiger partial charge in [0.05, 0.1) is 4.90 Å². The molecule has 0 saturated heterocycles. The predicted molar refractivity (Wildman–Crippen MR) is 99.8 cm³/mol. The van der Waals surface area contributed by atoms with Crippen LogP contribution in [0.1, 0.15) is 45.1 Å². The van der Waals surface area contributed by atoms with Crippen LogP contribution < -0.4 is 11.1 Å². The van der Waals surface area contributed by atoms with Gasteiger partial charge in [-0.1, -0.05) is 26.3 Å². The minimum Gasteiger partial charge on any atom is -0.328 e. The van der Waals surface area contributed by atoms with Gasteiger partial charge in [-0.2, -0.15) is 4.31 Å². The smallest absolute Gasteiger partial charge is 0.243 e. The molecule has 0 spiro atoms. The Labute approximate surface area is 150 Å². The number of carbonyl (C=O) groups excluding carboxylic acids is 1. The van der Waals surface area contributed by atoms with Crippen LogP contribution in [0.4, 0.5) is 5.69 Å². The first-order chi connectivity index (χ1) is 11.8. The Morgan fingerprint density at radius 3 is 2.56 bits per heavy atom. The molecule has 0 aliphatic heterocycles. The summed E-state index contributed by atoms with van der Waals surface area (Å²) in [4.78, 5) is 12.7. The van der Waals surface area contributed by atoms with E-state index in [9.17, 15) is 13.2 Å². The average molecular weight is 368 g/mol. The van der Waals surface area contributed by atoms with Gasteiger partial charge < -0.3 is 11.1 Å². The topological polar surface area (TPSA) is 92.5 Å². The van der Waals surface area contributed by atoms with Gasteiger partial charge >= 0.3 is 0 Å². The van der Waals surface area contributed by atoms with Gasteiger partial charge in [0.15, 0.2) is 0 Å². The zero-order valence-electron chi connectivity index (χ0n) is 15.3. The van der Waals surface area contributed by atoms with Crippen molar-refractivity contribution >= 4 is 21.6 Å². The third-order valence-electron chi connectivity index (χ3n) is 4.86. The third kappa shape index (κ3) is 4.59. The highest BCUT2D eigenvalue weighted by Crippen LogP contribution is 2.27. The number of nitrogens with two attached hydrogens (primary N) is 1. The lowest BCUT2D eigenvalue weighted by molar-refractivity contribution is -0.120. The van der Waals surface area contributed by atoms with Gasteiger partial charge in [0, 0.05) is 30.7 Å². The summed E-state index contributed by atoms with van der Waals surface area (Å²) in [7, 11) is -3.56. The summed E-state index contributed by atoms with van der Waals surface area (Å²) in [6.07, 6.45) is 3.42. The molecular weight excluding hydrogens is 338 g/mol. The van der Waals surface area contributed by atoms with E-state index in [1.807, 2.05) is 13.8 Å². The first-order valence-corrected chi connectivity index (χ1v) is 10.4. The number of amides is 1. The van der Waals surface area contributed by atoms with Crippen molar-refractivity contribution < 1.29 is 13.2 Å². The van der Waals surface area contributed by atoms with Crippen LogP contribution in [0.3, 0.4) is 0 Å². The quantitative estimate of drug-likeness (QED) is 0.808. The molecule has 140 valence electrons. The average Bonchev–Trinajstić information content (AvgIpc) is 2.57. The first-order valence-electron chi connectivity index (χ1n) is 8.96. The lowest BCUT2D eigenvalue weighted by atomic mass is 9.85. The van der Waals surface area contributed by atoms with Crippen molar-refractivity contribution in [2.45, 2.75) is 57.4 Å². The second kappa shape index (κ2) is 8.29. The molecule has 1 aromatic rings. The van der Waals surface area contributed by atoms with E-state index in [-0.39, 0.29) is 22.8 Å². The summed E-state index contributed by atoms with van der Waals surface area (Å²) in [5.74, 6) is -0.182. The minimum atomic E-state index is -3.56. The molecule has 2 atom stereocenters. The van der Waals surface area contributed by atoms with E-state index < -0.39 is 10.0 Å². The van der Waals surface area contributed by atoms with E-state index >= 15 is 0 Å². The van der Waals surface area contributed by atoms with Crippen LogP contribution in [0.2, 0.25) is 0 Å². The number of nitrogens with one attached hydrogen (secondary N) is 1. The fourth-order valence-electron chi connectivity index (χ4n) is 3.37. The first kappa shape index (κ1) is 19.9. The molecule has 1 aliphatic rings.